The first-order valence-electron chi connectivity index (χ1n) is 8.28. The van der Waals surface area contributed by atoms with Gasteiger partial charge >= 0.3 is 0 Å². The highest BCUT2D eigenvalue weighted by molar-refractivity contribution is 5.79. The Labute approximate surface area is 135 Å². The monoisotopic (exact) mass is 291 g/mol. The summed E-state index contributed by atoms with van der Waals surface area (Å²) in [5.74, 6) is 0. The minimum atomic E-state index is 0.162. The van der Waals surface area contributed by atoms with Gasteiger partial charge in [-0.1, -0.05) is 65.8 Å². The van der Waals surface area contributed by atoms with Crippen LogP contribution in [0.25, 0.3) is 11.1 Å². The van der Waals surface area contributed by atoms with Gasteiger partial charge in [-0.05, 0) is 69.2 Å². The summed E-state index contributed by atoms with van der Waals surface area (Å²) in [5.41, 5.74) is 10.3. The molecule has 0 saturated heterocycles. The van der Waals surface area contributed by atoms with Gasteiger partial charge in [-0.15, -0.1) is 0 Å². The van der Waals surface area contributed by atoms with Gasteiger partial charge in [0.25, 0.3) is 0 Å². The van der Waals surface area contributed by atoms with E-state index in [1.807, 2.05) is 0 Å². The molecular formula is C22H27. The summed E-state index contributed by atoms with van der Waals surface area (Å²) in [4.78, 5) is 0. The highest BCUT2D eigenvalue weighted by Crippen LogP contribution is 2.42. The molecule has 115 valence electrons. The lowest BCUT2D eigenvalue weighted by atomic mass is 9.81. The second kappa shape index (κ2) is 4.72. The molecule has 1 radical (unpaired) electrons. The first kappa shape index (κ1) is 15.3. The fraction of sp³-hybridized carbons (Fsp3) is 0.455. The normalized spacial score (nSPS) is 14.0. The zero-order valence-corrected chi connectivity index (χ0v) is 15.0. The molecule has 0 N–H and O–H groups in total. The Bertz CT molecular complexity index is 734. The Morgan fingerprint density at radius 2 is 1.45 bits per heavy atom. The maximum Gasteiger partial charge on any atom is -0.000444 e. The lowest BCUT2D eigenvalue weighted by Gasteiger charge is -2.23. The summed E-state index contributed by atoms with van der Waals surface area (Å²) in [6.45, 7) is 16.0. The van der Waals surface area contributed by atoms with E-state index in [9.17, 15) is 0 Å². The van der Waals surface area contributed by atoms with Crippen LogP contribution in [0, 0.1) is 13.0 Å². The minimum Gasteiger partial charge on any atom is -0.0576 e. The van der Waals surface area contributed by atoms with Crippen molar-refractivity contribution in [2.75, 3.05) is 0 Å². The van der Waals surface area contributed by atoms with E-state index < -0.39 is 0 Å². The Balaban J connectivity index is 2.12. The van der Waals surface area contributed by atoms with E-state index >= 15 is 0 Å². The number of fused-ring (bicyclic) bond motifs is 3. The van der Waals surface area contributed by atoms with Gasteiger partial charge in [0.1, 0.15) is 0 Å². The molecule has 0 bridgehead atoms. The molecule has 0 amide bonds. The highest BCUT2D eigenvalue weighted by atomic mass is 14.3. The van der Waals surface area contributed by atoms with Crippen molar-refractivity contribution in [1.29, 1.82) is 0 Å². The first-order chi connectivity index (χ1) is 10.1. The van der Waals surface area contributed by atoms with E-state index in [1.54, 1.807) is 0 Å². The fourth-order valence-corrected chi connectivity index (χ4v) is 3.59. The van der Waals surface area contributed by atoms with Gasteiger partial charge in [0.05, 0.1) is 0 Å². The van der Waals surface area contributed by atoms with Crippen molar-refractivity contribution in [2.45, 2.75) is 65.7 Å². The zero-order chi connectivity index (χ0) is 16.3. The summed E-state index contributed by atoms with van der Waals surface area (Å²) in [6, 6.07) is 12.9. The average molecular weight is 291 g/mol. The van der Waals surface area contributed by atoms with Crippen LogP contribution in [0.2, 0.25) is 0 Å². The summed E-state index contributed by atoms with van der Waals surface area (Å²) < 4.78 is 0. The molecule has 0 heteroatoms. The molecule has 0 spiro atoms. The second-order valence-corrected chi connectivity index (χ2v) is 8.71. The van der Waals surface area contributed by atoms with Crippen LogP contribution in [0.15, 0.2) is 24.3 Å². The third-order valence-corrected chi connectivity index (χ3v) is 4.89. The number of hydrogen-bond donors (Lipinski definition) is 0. The molecule has 3 rings (SSSR count). The lowest BCUT2D eigenvalue weighted by Crippen LogP contribution is -2.14. The fourth-order valence-electron chi connectivity index (χ4n) is 3.59. The van der Waals surface area contributed by atoms with Gasteiger partial charge < -0.3 is 0 Å². The van der Waals surface area contributed by atoms with Crippen molar-refractivity contribution in [3.63, 3.8) is 0 Å². The molecule has 1 aliphatic rings. The van der Waals surface area contributed by atoms with Gasteiger partial charge in [-0.2, -0.15) is 0 Å². The van der Waals surface area contributed by atoms with Crippen molar-refractivity contribution in [3.8, 4) is 11.1 Å². The predicted octanol–water partition coefficient (Wildman–Crippen LogP) is 5.96. The van der Waals surface area contributed by atoms with Crippen LogP contribution >= 0.6 is 0 Å². The van der Waals surface area contributed by atoms with E-state index in [-0.39, 0.29) is 10.8 Å². The number of benzene rings is 2. The summed E-state index contributed by atoms with van der Waals surface area (Å²) >= 11 is 0. The van der Waals surface area contributed by atoms with Crippen LogP contribution in [0.5, 0.6) is 0 Å². The molecule has 22 heavy (non-hydrogen) atoms. The third kappa shape index (κ3) is 2.39. The summed E-state index contributed by atoms with van der Waals surface area (Å²) in [5, 5.41) is 0. The molecule has 2 aromatic rings. The minimum absolute atomic E-state index is 0.162. The molecule has 0 nitrogen and oxygen atoms in total. The van der Waals surface area contributed by atoms with Crippen LogP contribution in [0.4, 0.5) is 0 Å². The van der Waals surface area contributed by atoms with Crippen LogP contribution in [0.1, 0.15) is 69.4 Å². The molecule has 0 aliphatic heterocycles. The Hall–Kier alpha value is -1.56. The van der Waals surface area contributed by atoms with Gasteiger partial charge in [0, 0.05) is 0 Å². The van der Waals surface area contributed by atoms with E-state index in [0.717, 1.165) is 6.42 Å². The van der Waals surface area contributed by atoms with Crippen molar-refractivity contribution in [1.82, 2.24) is 0 Å². The maximum absolute atomic E-state index is 3.70. The second-order valence-electron chi connectivity index (χ2n) is 8.71. The van der Waals surface area contributed by atoms with Crippen molar-refractivity contribution in [2.24, 2.45) is 0 Å². The first-order valence-corrected chi connectivity index (χ1v) is 8.28. The predicted molar refractivity (Wildman–Crippen MR) is 95.7 cm³/mol. The smallest absolute Gasteiger partial charge is 0.000444 e. The maximum atomic E-state index is 3.70. The number of hydrogen-bond acceptors (Lipinski definition) is 0. The van der Waals surface area contributed by atoms with Gasteiger partial charge in [0.15, 0.2) is 0 Å². The van der Waals surface area contributed by atoms with Gasteiger partial charge in [-0.3, -0.25) is 0 Å². The largest absolute Gasteiger partial charge is 0.0576 e. The topological polar surface area (TPSA) is 0 Å². The highest BCUT2D eigenvalue weighted by Gasteiger charge is 2.26. The van der Waals surface area contributed by atoms with Crippen LogP contribution in [-0.4, -0.2) is 0 Å². The SMILES string of the molecule is Cc1c(C(C)(C)C)ccc2c1Cc1[c]c(C(C)(C)C)ccc1-2. The molecular weight excluding hydrogens is 264 g/mol. The van der Waals surface area contributed by atoms with Gasteiger partial charge in [-0.25, -0.2) is 0 Å². The molecule has 0 fully saturated rings. The van der Waals surface area contributed by atoms with Crippen LogP contribution < -0.4 is 0 Å². The van der Waals surface area contributed by atoms with Gasteiger partial charge in [0.2, 0.25) is 0 Å². The Kier molecular flexibility index (Phi) is 3.29. The molecule has 0 heterocycles. The summed E-state index contributed by atoms with van der Waals surface area (Å²) in [7, 11) is 0. The molecule has 0 aromatic heterocycles. The van der Waals surface area contributed by atoms with E-state index in [1.165, 1.54) is 38.9 Å². The average Bonchev–Trinajstić information content (AvgIpc) is 2.75. The zero-order valence-electron chi connectivity index (χ0n) is 15.0. The van der Waals surface area contributed by atoms with Crippen molar-refractivity contribution < 1.29 is 0 Å². The van der Waals surface area contributed by atoms with Crippen LogP contribution in [-0.2, 0) is 17.3 Å². The third-order valence-electron chi connectivity index (χ3n) is 4.89. The quantitative estimate of drug-likeness (QED) is 0.479. The van der Waals surface area contributed by atoms with E-state index in [4.69, 9.17) is 0 Å². The molecule has 0 saturated carbocycles. The molecule has 0 unspecified atom stereocenters. The molecule has 1 aliphatic carbocycles. The van der Waals surface area contributed by atoms with E-state index in [2.05, 4.69) is 78.8 Å². The molecule has 2 aromatic carbocycles. The van der Waals surface area contributed by atoms with Crippen molar-refractivity contribution in [3.05, 3.63) is 58.1 Å². The summed E-state index contributed by atoms with van der Waals surface area (Å²) in [6.07, 6.45) is 1.03. The molecule has 0 atom stereocenters. The van der Waals surface area contributed by atoms with Crippen molar-refractivity contribution >= 4 is 0 Å². The number of rotatable bonds is 0. The van der Waals surface area contributed by atoms with E-state index in [0.29, 0.717) is 0 Å². The Morgan fingerprint density at radius 1 is 0.818 bits per heavy atom. The standard InChI is InChI=1S/C22H27/c1-14-19-13-15-12-16(21(2,3)4)8-9-17(15)18(19)10-11-20(14)22(5,6)7/h8-11H,13H2,1-7H3. The van der Waals surface area contributed by atoms with Crippen LogP contribution in [0.3, 0.4) is 0 Å². The lowest BCUT2D eigenvalue weighted by molar-refractivity contribution is 0.585. The Morgan fingerprint density at radius 3 is 2.05 bits per heavy atom.